The van der Waals surface area contributed by atoms with Gasteiger partial charge in [-0.2, -0.15) is 0 Å². The van der Waals surface area contributed by atoms with Gasteiger partial charge in [-0.15, -0.1) is 0 Å². The fourth-order valence-corrected chi connectivity index (χ4v) is 2.97. The Hall–Kier alpha value is -1.37. The SMILES string of the molecule is Cc1cccc(Pc2ccccc2CO)c1O. The average Bonchev–Trinajstić information content (AvgIpc) is 2.35. The van der Waals surface area contributed by atoms with Gasteiger partial charge in [0, 0.05) is 5.30 Å². The maximum absolute atomic E-state index is 9.97. The predicted octanol–water partition coefficient (Wildman–Crippen LogP) is 1.82. The second-order valence-corrected chi connectivity index (χ2v) is 5.24. The van der Waals surface area contributed by atoms with E-state index in [0.29, 0.717) is 14.3 Å². The minimum absolute atomic E-state index is 0.0375. The van der Waals surface area contributed by atoms with Crippen LogP contribution in [0.2, 0.25) is 0 Å². The molecule has 1 atom stereocenters. The maximum Gasteiger partial charge on any atom is 0.126 e. The molecule has 2 rings (SSSR count). The van der Waals surface area contributed by atoms with E-state index in [9.17, 15) is 10.2 Å². The van der Waals surface area contributed by atoms with Crippen molar-refractivity contribution in [2.75, 3.05) is 0 Å². The van der Waals surface area contributed by atoms with Gasteiger partial charge in [-0.3, -0.25) is 0 Å². The second kappa shape index (κ2) is 5.31. The highest BCUT2D eigenvalue weighted by molar-refractivity contribution is 7.55. The van der Waals surface area contributed by atoms with Gasteiger partial charge >= 0.3 is 0 Å². The van der Waals surface area contributed by atoms with Crippen LogP contribution in [0.25, 0.3) is 0 Å². The van der Waals surface area contributed by atoms with Crippen LogP contribution < -0.4 is 10.6 Å². The molecular weight excluding hydrogens is 231 g/mol. The second-order valence-electron chi connectivity index (χ2n) is 3.91. The molecule has 17 heavy (non-hydrogen) atoms. The van der Waals surface area contributed by atoms with Crippen molar-refractivity contribution in [3.63, 3.8) is 0 Å². The smallest absolute Gasteiger partial charge is 0.126 e. The normalized spacial score (nSPS) is 11.2. The first-order valence-electron chi connectivity index (χ1n) is 5.46. The molecule has 3 heteroatoms. The van der Waals surface area contributed by atoms with E-state index in [1.54, 1.807) is 0 Å². The summed E-state index contributed by atoms with van der Waals surface area (Å²) in [5, 5.41) is 21.2. The number of phenols is 1. The highest BCUT2D eigenvalue weighted by atomic mass is 31.1. The van der Waals surface area contributed by atoms with Crippen LogP contribution in [0.1, 0.15) is 11.1 Å². The summed E-state index contributed by atoms with van der Waals surface area (Å²) in [6.45, 7) is 1.93. The van der Waals surface area contributed by atoms with E-state index in [2.05, 4.69) is 0 Å². The van der Waals surface area contributed by atoms with Gasteiger partial charge in [0.25, 0.3) is 0 Å². The van der Waals surface area contributed by atoms with Gasteiger partial charge in [0.1, 0.15) is 5.75 Å². The van der Waals surface area contributed by atoms with Crippen molar-refractivity contribution in [3.8, 4) is 5.75 Å². The quantitative estimate of drug-likeness (QED) is 0.811. The molecule has 2 aromatic rings. The molecule has 2 N–H and O–H groups in total. The Bertz CT molecular complexity index is 523. The minimum Gasteiger partial charge on any atom is -0.507 e. The predicted molar refractivity (Wildman–Crippen MR) is 72.8 cm³/mol. The monoisotopic (exact) mass is 246 g/mol. The Balaban J connectivity index is 2.35. The Morgan fingerprint density at radius 2 is 1.71 bits per heavy atom. The molecule has 0 bridgehead atoms. The molecule has 0 fully saturated rings. The summed E-state index contributed by atoms with van der Waals surface area (Å²) in [6, 6.07) is 13.5. The van der Waals surface area contributed by atoms with Gasteiger partial charge in [-0.25, -0.2) is 0 Å². The van der Waals surface area contributed by atoms with Crippen LogP contribution in [0.3, 0.4) is 0 Å². The summed E-state index contributed by atoms with van der Waals surface area (Å²) in [6.07, 6.45) is 0. The number of aryl methyl sites for hydroxylation is 1. The van der Waals surface area contributed by atoms with E-state index in [4.69, 9.17) is 0 Å². The zero-order valence-electron chi connectivity index (χ0n) is 9.64. The molecule has 0 radical (unpaired) electrons. The topological polar surface area (TPSA) is 40.5 Å². The van der Waals surface area contributed by atoms with E-state index in [1.807, 2.05) is 49.4 Å². The molecule has 88 valence electrons. The largest absolute Gasteiger partial charge is 0.507 e. The van der Waals surface area contributed by atoms with Crippen LogP contribution in [-0.2, 0) is 6.61 Å². The standard InChI is InChI=1S/C14H15O2P/c1-10-5-4-8-13(14(10)16)17-12-7-3-2-6-11(12)9-15/h2-8,15-17H,9H2,1H3. The van der Waals surface area contributed by atoms with E-state index in [1.165, 1.54) is 0 Å². The molecule has 1 unspecified atom stereocenters. The summed E-state index contributed by atoms with van der Waals surface area (Å²) in [4.78, 5) is 0. The summed E-state index contributed by atoms with van der Waals surface area (Å²) in [7, 11) is 0.368. The molecule has 0 saturated heterocycles. The van der Waals surface area contributed by atoms with Crippen LogP contribution in [0.15, 0.2) is 42.5 Å². The van der Waals surface area contributed by atoms with Crippen LogP contribution in [0, 0.1) is 6.92 Å². The van der Waals surface area contributed by atoms with Gasteiger partial charge in [0.15, 0.2) is 0 Å². The number of hydrogen-bond donors (Lipinski definition) is 2. The van der Waals surface area contributed by atoms with Crippen LogP contribution in [0.5, 0.6) is 5.75 Å². The summed E-state index contributed by atoms with van der Waals surface area (Å²) < 4.78 is 0. The summed E-state index contributed by atoms with van der Waals surface area (Å²) in [5.74, 6) is 0.360. The van der Waals surface area contributed by atoms with Gasteiger partial charge in [-0.05, 0) is 23.4 Å². The number of aromatic hydroxyl groups is 1. The van der Waals surface area contributed by atoms with Crippen molar-refractivity contribution in [3.05, 3.63) is 53.6 Å². The first-order valence-corrected chi connectivity index (χ1v) is 6.46. The van der Waals surface area contributed by atoms with Gasteiger partial charge in [-0.1, -0.05) is 51.0 Å². The lowest BCUT2D eigenvalue weighted by Crippen LogP contribution is -2.09. The molecular formula is C14H15O2P. The number of aliphatic hydroxyl groups excluding tert-OH is 1. The fourth-order valence-electron chi connectivity index (χ4n) is 1.69. The Kier molecular flexibility index (Phi) is 3.78. The third-order valence-electron chi connectivity index (χ3n) is 2.69. The van der Waals surface area contributed by atoms with Crippen molar-refractivity contribution >= 4 is 19.2 Å². The number of benzene rings is 2. The van der Waals surface area contributed by atoms with E-state index >= 15 is 0 Å². The highest BCUT2D eigenvalue weighted by Crippen LogP contribution is 2.22. The van der Waals surface area contributed by atoms with Gasteiger partial charge in [0.2, 0.25) is 0 Å². The zero-order valence-corrected chi connectivity index (χ0v) is 10.6. The average molecular weight is 246 g/mol. The zero-order chi connectivity index (χ0) is 12.3. The van der Waals surface area contributed by atoms with Crippen LogP contribution in [-0.4, -0.2) is 10.2 Å². The molecule has 0 aliphatic rings. The molecule has 0 amide bonds. The number of para-hydroxylation sites is 1. The van der Waals surface area contributed by atoms with Crippen molar-refractivity contribution < 1.29 is 10.2 Å². The third kappa shape index (κ3) is 2.66. The molecule has 0 aliphatic carbocycles. The lowest BCUT2D eigenvalue weighted by Gasteiger charge is -2.10. The van der Waals surface area contributed by atoms with Crippen molar-refractivity contribution in [1.82, 2.24) is 0 Å². The molecule has 0 aromatic heterocycles. The Labute approximate surface area is 103 Å². The Morgan fingerprint density at radius 1 is 1.00 bits per heavy atom. The number of aliphatic hydroxyl groups is 1. The van der Waals surface area contributed by atoms with Crippen molar-refractivity contribution in [1.29, 1.82) is 0 Å². The highest BCUT2D eigenvalue weighted by Gasteiger charge is 2.07. The summed E-state index contributed by atoms with van der Waals surface area (Å²) >= 11 is 0. The lowest BCUT2D eigenvalue weighted by molar-refractivity contribution is 0.283. The lowest BCUT2D eigenvalue weighted by atomic mass is 10.2. The molecule has 2 nitrogen and oxygen atoms in total. The minimum atomic E-state index is 0.0375. The van der Waals surface area contributed by atoms with Crippen molar-refractivity contribution in [2.24, 2.45) is 0 Å². The van der Waals surface area contributed by atoms with Crippen LogP contribution in [0.4, 0.5) is 0 Å². The number of phenolic OH excluding ortho intramolecular Hbond substituents is 1. The molecule has 0 heterocycles. The van der Waals surface area contributed by atoms with Gasteiger partial charge in [0.05, 0.1) is 6.61 Å². The molecule has 0 saturated carbocycles. The molecule has 0 aliphatic heterocycles. The van der Waals surface area contributed by atoms with E-state index < -0.39 is 0 Å². The van der Waals surface area contributed by atoms with Crippen molar-refractivity contribution in [2.45, 2.75) is 13.5 Å². The Morgan fingerprint density at radius 3 is 2.47 bits per heavy atom. The maximum atomic E-state index is 9.97. The number of rotatable bonds is 3. The molecule has 2 aromatic carbocycles. The first-order chi connectivity index (χ1) is 8.22. The van der Waals surface area contributed by atoms with E-state index in [-0.39, 0.29) is 6.61 Å². The fraction of sp³-hybridized carbons (Fsp3) is 0.143. The third-order valence-corrected chi connectivity index (χ3v) is 4.12. The van der Waals surface area contributed by atoms with Gasteiger partial charge < -0.3 is 10.2 Å². The number of hydrogen-bond acceptors (Lipinski definition) is 2. The summed E-state index contributed by atoms with van der Waals surface area (Å²) in [5.41, 5.74) is 1.81. The molecule has 0 spiro atoms. The first kappa shape index (κ1) is 12.1. The van der Waals surface area contributed by atoms with E-state index in [0.717, 1.165) is 21.7 Å². The van der Waals surface area contributed by atoms with Crippen LogP contribution >= 0.6 is 8.58 Å².